The van der Waals surface area contributed by atoms with Gasteiger partial charge in [0.2, 0.25) is 5.79 Å². The zero-order valence-electron chi connectivity index (χ0n) is 11.9. The van der Waals surface area contributed by atoms with Crippen LogP contribution in [0.5, 0.6) is 0 Å². The molecule has 0 radical (unpaired) electrons. The lowest BCUT2D eigenvalue weighted by atomic mass is 10.0. The number of hydrogen-bond acceptors (Lipinski definition) is 7. The van der Waals surface area contributed by atoms with Crippen LogP contribution < -0.4 is 5.48 Å². The summed E-state index contributed by atoms with van der Waals surface area (Å²) < 4.78 is 15.8. The van der Waals surface area contributed by atoms with Gasteiger partial charge in [-0.1, -0.05) is 18.2 Å². The number of nitrogens with one attached hydrogen (secondary N) is 1. The average molecular weight is 297 g/mol. The van der Waals surface area contributed by atoms with Crippen LogP contribution >= 0.6 is 0 Å². The number of benzene rings is 1. The van der Waals surface area contributed by atoms with E-state index in [-0.39, 0.29) is 13.2 Å². The number of carbonyl (C=O) groups is 1. The van der Waals surface area contributed by atoms with Gasteiger partial charge in [-0.05, 0) is 12.1 Å². The van der Waals surface area contributed by atoms with Crippen molar-refractivity contribution in [2.24, 2.45) is 0 Å². The van der Waals surface area contributed by atoms with Gasteiger partial charge in [0.1, 0.15) is 18.8 Å². The Morgan fingerprint density at radius 1 is 1.33 bits per heavy atom. The van der Waals surface area contributed by atoms with E-state index >= 15 is 0 Å². The first-order chi connectivity index (χ1) is 10.1. The van der Waals surface area contributed by atoms with E-state index in [9.17, 15) is 9.90 Å². The minimum atomic E-state index is -1.23. The van der Waals surface area contributed by atoms with E-state index in [0.717, 1.165) is 0 Å². The van der Waals surface area contributed by atoms with Crippen LogP contribution in [0.3, 0.4) is 0 Å². The molecule has 1 heterocycles. The fourth-order valence-corrected chi connectivity index (χ4v) is 2.17. The number of ether oxygens (including phenoxy) is 3. The van der Waals surface area contributed by atoms with Crippen molar-refractivity contribution in [3.05, 3.63) is 35.9 Å². The van der Waals surface area contributed by atoms with Crippen LogP contribution in [-0.4, -0.2) is 56.4 Å². The molecule has 1 aliphatic heterocycles. The third kappa shape index (κ3) is 3.39. The highest BCUT2D eigenvalue weighted by Gasteiger charge is 2.48. The Morgan fingerprint density at radius 3 is 2.62 bits per heavy atom. The highest BCUT2D eigenvalue weighted by molar-refractivity contribution is 5.89. The van der Waals surface area contributed by atoms with Crippen LogP contribution in [0.25, 0.3) is 0 Å². The second kappa shape index (κ2) is 6.97. The van der Waals surface area contributed by atoms with Gasteiger partial charge in [0, 0.05) is 14.2 Å². The second-order valence-corrected chi connectivity index (χ2v) is 4.65. The van der Waals surface area contributed by atoms with E-state index in [1.807, 2.05) is 0 Å². The summed E-state index contributed by atoms with van der Waals surface area (Å²) in [6, 6.07) is 7.75. The molecule has 0 saturated carbocycles. The zero-order valence-corrected chi connectivity index (χ0v) is 11.9. The van der Waals surface area contributed by atoms with Crippen molar-refractivity contribution in [3.8, 4) is 0 Å². The lowest BCUT2D eigenvalue weighted by molar-refractivity contribution is -0.299. The van der Waals surface area contributed by atoms with Gasteiger partial charge < -0.3 is 24.2 Å². The van der Waals surface area contributed by atoms with Gasteiger partial charge in [0.15, 0.2) is 0 Å². The summed E-state index contributed by atoms with van der Waals surface area (Å²) in [7, 11) is 2.86. The van der Waals surface area contributed by atoms with Crippen LogP contribution in [-0.2, 0) is 19.0 Å². The Balaban J connectivity index is 2.04. The van der Waals surface area contributed by atoms with E-state index in [1.54, 1.807) is 30.3 Å². The number of aliphatic hydroxyl groups is 1. The second-order valence-electron chi connectivity index (χ2n) is 4.65. The molecule has 0 amide bonds. The van der Waals surface area contributed by atoms with E-state index in [1.165, 1.54) is 14.2 Å². The Labute approximate surface area is 122 Å². The summed E-state index contributed by atoms with van der Waals surface area (Å²) in [6.45, 7) is 0.201. The van der Waals surface area contributed by atoms with E-state index in [0.29, 0.717) is 5.56 Å². The normalized spacial score (nSPS) is 24.5. The Kier molecular flexibility index (Phi) is 5.27. The molecule has 0 bridgehead atoms. The van der Waals surface area contributed by atoms with Crippen molar-refractivity contribution in [3.63, 3.8) is 0 Å². The smallest absolute Gasteiger partial charge is 0.356 e. The number of methoxy groups -OCH3 is 2. The number of rotatable bonds is 5. The zero-order chi connectivity index (χ0) is 15.3. The first kappa shape index (κ1) is 15.9. The SMILES string of the molecule is COC1(OC)COC[C@H](O)[C@@H]1NOC(=O)c1ccccc1. The molecule has 116 valence electrons. The molecular formula is C14H19NO6. The summed E-state index contributed by atoms with van der Waals surface area (Å²) in [6.07, 6.45) is -0.942. The quantitative estimate of drug-likeness (QED) is 0.588. The maximum atomic E-state index is 11.9. The Morgan fingerprint density at radius 2 is 2.00 bits per heavy atom. The number of carbonyl (C=O) groups excluding carboxylic acids is 1. The van der Waals surface area contributed by atoms with Crippen molar-refractivity contribution in [2.45, 2.75) is 17.9 Å². The Hall–Kier alpha value is -1.51. The minimum Gasteiger partial charge on any atom is -0.389 e. The third-order valence-electron chi connectivity index (χ3n) is 3.43. The van der Waals surface area contributed by atoms with Crippen LogP contribution in [0.4, 0.5) is 0 Å². The average Bonchev–Trinajstić information content (AvgIpc) is 2.54. The van der Waals surface area contributed by atoms with Gasteiger partial charge in [-0.15, -0.1) is 5.48 Å². The summed E-state index contributed by atoms with van der Waals surface area (Å²) >= 11 is 0. The van der Waals surface area contributed by atoms with Gasteiger partial charge in [-0.25, -0.2) is 4.79 Å². The van der Waals surface area contributed by atoms with E-state index < -0.39 is 23.9 Å². The highest BCUT2D eigenvalue weighted by Crippen LogP contribution is 2.24. The fourth-order valence-electron chi connectivity index (χ4n) is 2.17. The van der Waals surface area contributed by atoms with Crippen molar-refractivity contribution in [1.29, 1.82) is 0 Å². The van der Waals surface area contributed by atoms with Crippen molar-refractivity contribution >= 4 is 5.97 Å². The van der Waals surface area contributed by atoms with Crippen LogP contribution in [0.2, 0.25) is 0 Å². The van der Waals surface area contributed by atoms with Gasteiger partial charge >= 0.3 is 5.97 Å². The maximum absolute atomic E-state index is 11.9. The predicted molar refractivity (Wildman–Crippen MR) is 72.4 cm³/mol. The van der Waals surface area contributed by atoms with Crippen LogP contribution in [0, 0.1) is 0 Å². The maximum Gasteiger partial charge on any atom is 0.356 e. The topological polar surface area (TPSA) is 86.2 Å². The molecule has 1 aromatic rings. The molecule has 2 N–H and O–H groups in total. The third-order valence-corrected chi connectivity index (χ3v) is 3.43. The predicted octanol–water partition coefficient (Wildman–Crippen LogP) is 0.0968. The van der Waals surface area contributed by atoms with Crippen molar-refractivity contribution < 1.29 is 28.9 Å². The first-order valence-electron chi connectivity index (χ1n) is 6.51. The van der Waals surface area contributed by atoms with E-state index in [2.05, 4.69) is 5.48 Å². The molecule has 0 unspecified atom stereocenters. The molecule has 1 saturated heterocycles. The molecule has 7 heteroatoms. The molecule has 7 nitrogen and oxygen atoms in total. The summed E-state index contributed by atoms with van der Waals surface area (Å²) in [4.78, 5) is 16.9. The highest BCUT2D eigenvalue weighted by atomic mass is 16.7. The molecule has 0 aromatic heterocycles. The molecule has 0 spiro atoms. The van der Waals surface area contributed by atoms with Crippen molar-refractivity contribution in [2.75, 3.05) is 27.4 Å². The number of aliphatic hydroxyl groups excluding tert-OH is 1. The summed E-state index contributed by atoms with van der Waals surface area (Å²) in [5.41, 5.74) is 2.93. The van der Waals surface area contributed by atoms with Crippen LogP contribution in [0.15, 0.2) is 30.3 Å². The van der Waals surface area contributed by atoms with Gasteiger partial charge in [-0.2, -0.15) is 0 Å². The molecule has 2 atom stereocenters. The molecule has 2 rings (SSSR count). The monoisotopic (exact) mass is 297 g/mol. The number of hydroxylamine groups is 1. The van der Waals surface area contributed by atoms with Gasteiger partial charge in [0.25, 0.3) is 0 Å². The van der Waals surface area contributed by atoms with Gasteiger partial charge in [-0.3, -0.25) is 0 Å². The standard InChI is InChI=1S/C14H19NO6/c1-18-14(19-2)9-20-8-11(16)12(14)15-21-13(17)10-6-4-3-5-7-10/h3-7,11-12,15-16H,8-9H2,1-2H3/t11-,12-/m0/s1. The lowest BCUT2D eigenvalue weighted by Gasteiger charge is -2.43. The largest absolute Gasteiger partial charge is 0.389 e. The lowest BCUT2D eigenvalue weighted by Crippen LogP contribution is -2.65. The van der Waals surface area contributed by atoms with Crippen molar-refractivity contribution in [1.82, 2.24) is 5.48 Å². The molecule has 1 aliphatic rings. The fraction of sp³-hybridized carbons (Fsp3) is 0.500. The molecule has 21 heavy (non-hydrogen) atoms. The van der Waals surface area contributed by atoms with E-state index in [4.69, 9.17) is 19.0 Å². The van der Waals surface area contributed by atoms with Gasteiger partial charge in [0.05, 0.1) is 12.2 Å². The Bertz CT molecular complexity index is 462. The molecule has 1 aromatic carbocycles. The summed E-state index contributed by atoms with van der Waals surface area (Å²) in [5, 5.41) is 10.0. The molecular weight excluding hydrogens is 278 g/mol. The summed E-state index contributed by atoms with van der Waals surface area (Å²) in [5.74, 6) is -1.79. The van der Waals surface area contributed by atoms with Crippen LogP contribution in [0.1, 0.15) is 10.4 Å². The first-order valence-corrected chi connectivity index (χ1v) is 6.51. The molecule has 0 aliphatic carbocycles. The minimum absolute atomic E-state index is 0.0923. The number of hydrogen-bond donors (Lipinski definition) is 2. The molecule has 1 fully saturated rings.